The first-order valence-corrected chi connectivity index (χ1v) is 6.66. The summed E-state index contributed by atoms with van der Waals surface area (Å²) in [6.45, 7) is 5.12. The van der Waals surface area contributed by atoms with Gasteiger partial charge in [-0.05, 0) is 44.5 Å². The number of hydrogen-bond donors (Lipinski definition) is 2. The molecule has 0 radical (unpaired) electrons. The summed E-state index contributed by atoms with van der Waals surface area (Å²) in [5, 5.41) is 12.1. The summed E-state index contributed by atoms with van der Waals surface area (Å²) in [5.74, 6) is -1.39. The van der Waals surface area contributed by atoms with Gasteiger partial charge < -0.3 is 14.6 Å². The minimum atomic E-state index is -1.45. The molecule has 0 bridgehead atoms. The average Bonchev–Trinajstić information content (AvgIpc) is 2.38. The number of rotatable bonds is 4. The van der Waals surface area contributed by atoms with Gasteiger partial charge in [0, 0.05) is 12.1 Å². The van der Waals surface area contributed by atoms with Crippen LogP contribution in [0, 0.1) is 5.82 Å². The molecule has 0 aromatic heterocycles. The van der Waals surface area contributed by atoms with Crippen molar-refractivity contribution in [2.45, 2.75) is 38.9 Å². The van der Waals surface area contributed by atoms with Gasteiger partial charge in [0.1, 0.15) is 11.4 Å². The highest BCUT2D eigenvalue weighted by Crippen LogP contribution is 2.20. The van der Waals surface area contributed by atoms with Crippen LogP contribution in [0.2, 0.25) is 0 Å². The van der Waals surface area contributed by atoms with Crippen molar-refractivity contribution in [1.82, 2.24) is 0 Å². The van der Waals surface area contributed by atoms with E-state index in [0.717, 1.165) is 19.2 Å². The van der Waals surface area contributed by atoms with Crippen molar-refractivity contribution >= 4 is 17.7 Å². The first-order valence-electron chi connectivity index (χ1n) is 6.66. The molecule has 22 heavy (non-hydrogen) atoms. The number of methoxy groups -OCH3 is 1. The van der Waals surface area contributed by atoms with Crippen LogP contribution in [0.15, 0.2) is 18.2 Å². The second-order valence-corrected chi connectivity index (χ2v) is 5.67. The average molecular weight is 313 g/mol. The zero-order valence-electron chi connectivity index (χ0n) is 13.0. The molecule has 0 aliphatic heterocycles. The lowest BCUT2D eigenvalue weighted by Gasteiger charge is -2.20. The van der Waals surface area contributed by atoms with Gasteiger partial charge in [0.25, 0.3) is 0 Å². The van der Waals surface area contributed by atoms with E-state index in [1.807, 2.05) is 0 Å². The third kappa shape index (κ3) is 5.69. The molecule has 0 spiro atoms. The second-order valence-electron chi connectivity index (χ2n) is 5.67. The zero-order chi connectivity index (χ0) is 16.9. The third-order valence-corrected chi connectivity index (χ3v) is 2.59. The molecule has 122 valence electrons. The highest BCUT2D eigenvalue weighted by Gasteiger charge is 2.21. The Hall–Kier alpha value is -2.15. The van der Waals surface area contributed by atoms with E-state index in [0.29, 0.717) is 0 Å². The molecule has 0 saturated heterocycles. The molecule has 1 unspecified atom stereocenters. The Morgan fingerprint density at radius 2 is 2.00 bits per heavy atom. The van der Waals surface area contributed by atoms with Crippen LogP contribution in [-0.2, 0) is 20.7 Å². The Labute approximate surface area is 128 Å². The zero-order valence-corrected chi connectivity index (χ0v) is 13.0. The van der Waals surface area contributed by atoms with Gasteiger partial charge in [-0.25, -0.2) is 14.0 Å². The maximum absolute atomic E-state index is 13.3. The van der Waals surface area contributed by atoms with Gasteiger partial charge in [-0.1, -0.05) is 0 Å². The van der Waals surface area contributed by atoms with Gasteiger partial charge in [0.2, 0.25) is 0 Å². The topological polar surface area (TPSA) is 84.9 Å². The summed E-state index contributed by atoms with van der Waals surface area (Å²) < 4.78 is 22.9. The second kappa shape index (κ2) is 7.22. The Morgan fingerprint density at radius 1 is 1.36 bits per heavy atom. The van der Waals surface area contributed by atoms with Gasteiger partial charge in [0.15, 0.2) is 6.10 Å². The number of ether oxygens (including phenoxy) is 2. The van der Waals surface area contributed by atoms with Gasteiger partial charge in [0.05, 0.1) is 7.11 Å². The Kier molecular flexibility index (Phi) is 5.87. The van der Waals surface area contributed by atoms with Gasteiger partial charge in [-0.2, -0.15) is 0 Å². The lowest BCUT2D eigenvalue weighted by Crippen LogP contribution is -2.28. The molecule has 0 fully saturated rings. The fourth-order valence-corrected chi connectivity index (χ4v) is 1.69. The van der Waals surface area contributed by atoms with Gasteiger partial charge in [-0.15, -0.1) is 0 Å². The molecule has 1 aromatic carbocycles. The molecule has 1 rings (SSSR count). The van der Waals surface area contributed by atoms with Gasteiger partial charge >= 0.3 is 12.1 Å². The number of halogens is 1. The summed E-state index contributed by atoms with van der Waals surface area (Å²) in [6.07, 6.45) is -2.37. The molecule has 1 atom stereocenters. The van der Waals surface area contributed by atoms with Crippen molar-refractivity contribution in [3.8, 4) is 0 Å². The van der Waals surface area contributed by atoms with E-state index in [1.165, 1.54) is 6.07 Å². The van der Waals surface area contributed by atoms with Crippen LogP contribution in [0.3, 0.4) is 0 Å². The normalized spacial score (nSPS) is 12.5. The molecule has 1 amide bonds. The number of aliphatic hydroxyl groups excluding tert-OH is 1. The molecule has 6 nitrogen and oxygen atoms in total. The van der Waals surface area contributed by atoms with Crippen LogP contribution in [-0.4, -0.2) is 36.0 Å². The smallest absolute Gasteiger partial charge is 0.412 e. The number of anilines is 1. The van der Waals surface area contributed by atoms with Crippen LogP contribution in [0.5, 0.6) is 0 Å². The van der Waals surface area contributed by atoms with Crippen molar-refractivity contribution in [3.05, 3.63) is 29.6 Å². The molecule has 2 N–H and O–H groups in total. The first-order chi connectivity index (χ1) is 10.1. The fraction of sp³-hybridized carbons (Fsp3) is 0.467. The maximum atomic E-state index is 13.3. The van der Waals surface area contributed by atoms with Crippen LogP contribution >= 0.6 is 0 Å². The van der Waals surface area contributed by atoms with E-state index in [4.69, 9.17) is 4.74 Å². The summed E-state index contributed by atoms with van der Waals surface area (Å²) in [4.78, 5) is 23.0. The highest BCUT2D eigenvalue weighted by molar-refractivity contribution is 5.86. The number of carbonyl (C=O) groups excluding carboxylic acids is 2. The minimum Gasteiger partial charge on any atom is -0.467 e. The standard InChI is InChI=1S/C15H20FNO5/c1-15(2,3)22-14(20)17-11-6-5-10(16)7-9(11)8-12(18)13(19)21-4/h5-7,12,18H,8H2,1-4H3,(H,17,20). The van der Waals surface area contributed by atoms with E-state index in [2.05, 4.69) is 10.1 Å². The quantitative estimate of drug-likeness (QED) is 0.833. The number of esters is 1. The van der Waals surface area contributed by atoms with Crippen LogP contribution in [0.4, 0.5) is 14.9 Å². The molecule has 1 aromatic rings. The van der Waals surface area contributed by atoms with Gasteiger partial charge in [-0.3, -0.25) is 5.32 Å². The van der Waals surface area contributed by atoms with Crippen molar-refractivity contribution in [2.24, 2.45) is 0 Å². The number of nitrogens with one attached hydrogen (secondary N) is 1. The Bertz CT molecular complexity index is 553. The fourth-order valence-electron chi connectivity index (χ4n) is 1.69. The predicted molar refractivity (Wildman–Crippen MR) is 78.0 cm³/mol. The summed E-state index contributed by atoms with van der Waals surface area (Å²) in [6, 6.07) is 3.61. The van der Waals surface area contributed by atoms with Crippen LogP contribution in [0.1, 0.15) is 26.3 Å². The molecular formula is C15H20FNO5. The van der Waals surface area contributed by atoms with Crippen molar-refractivity contribution < 1.29 is 28.6 Å². The number of benzene rings is 1. The number of aliphatic hydroxyl groups is 1. The number of amides is 1. The molecule has 0 saturated carbocycles. The molecular weight excluding hydrogens is 293 g/mol. The maximum Gasteiger partial charge on any atom is 0.412 e. The van der Waals surface area contributed by atoms with E-state index in [9.17, 15) is 19.1 Å². The summed E-state index contributed by atoms with van der Waals surface area (Å²) >= 11 is 0. The molecule has 0 heterocycles. The lowest BCUT2D eigenvalue weighted by molar-refractivity contribution is -0.150. The predicted octanol–water partition coefficient (Wildman–Crippen LogP) is 2.25. The van der Waals surface area contributed by atoms with Crippen molar-refractivity contribution in [3.63, 3.8) is 0 Å². The van der Waals surface area contributed by atoms with E-state index in [1.54, 1.807) is 20.8 Å². The summed E-state index contributed by atoms with van der Waals surface area (Å²) in [7, 11) is 1.14. The lowest BCUT2D eigenvalue weighted by atomic mass is 10.1. The van der Waals surface area contributed by atoms with E-state index >= 15 is 0 Å². The van der Waals surface area contributed by atoms with E-state index in [-0.39, 0.29) is 17.7 Å². The van der Waals surface area contributed by atoms with Crippen molar-refractivity contribution in [1.29, 1.82) is 0 Å². The monoisotopic (exact) mass is 313 g/mol. The highest BCUT2D eigenvalue weighted by atomic mass is 19.1. The Balaban J connectivity index is 2.91. The third-order valence-electron chi connectivity index (χ3n) is 2.59. The molecule has 0 aliphatic rings. The SMILES string of the molecule is COC(=O)C(O)Cc1cc(F)ccc1NC(=O)OC(C)(C)C. The number of hydrogen-bond acceptors (Lipinski definition) is 5. The number of carbonyl (C=O) groups is 2. The van der Waals surface area contributed by atoms with Crippen LogP contribution in [0.25, 0.3) is 0 Å². The molecule has 7 heteroatoms. The van der Waals surface area contributed by atoms with Crippen molar-refractivity contribution in [2.75, 3.05) is 12.4 Å². The largest absolute Gasteiger partial charge is 0.467 e. The van der Waals surface area contributed by atoms with Crippen LogP contribution < -0.4 is 5.32 Å². The minimum absolute atomic E-state index is 0.199. The Morgan fingerprint density at radius 3 is 2.55 bits per heavy atom. The summed E-state index contributed by atoms with van der Waals surface area (Å²) in [5.41, 5.74) is -0.183. The first kappa shape index (κ1) is 17.9. The van der Waals surface area contributed by atoms with E-state index < -0.39 is 29.6 Å². The molecule has 0 aliphatic carbocycles.